The number of rotatable bonds is 6. The molecule has 1 saturated heterocycles. The molecule has 0 spiro atoms. The molecule has 10 heteroatoms. The molecule has 7 nitrogen and oxygen atoms in total. The van der Waals surface area contributed by atoms with Crippen molar-refractivity contribution in [3.63, 3.8) is 0 Å². The smallest absolute Gasteiger partial charge is 0.197 e. The molecule has 4 heterocycles. The molecule has 0 aliphatic carbocycles. The third-order valence-corrected chi connectivity index (χ3v) is 7.40. The van der Waals surface area contributed by atoms with Gasteiger partial charge < -0.3 is 20.3 Å². The van der Waals surface area contributed by atoms with Crippen molar-refractivity contribution in [2.45, 2.75) is 32.0 Å². The van der Waals surface area contributed by atoms with Crippen LogP contribution in [0.25, 0.3) is 11.4 Å². The van der Waals surface area contributed by atoms with E-state index in [-0.39, 0.29) is 6.10 Å². The minimum absolute atomic E-state index is 0.282. The van der Waals surface area contributed by atoms with Crippen LogP contribution in [0.2, 0.25) is 5.02 Å². The van der Waals surface area contributed by atoms with Gasteiger partial charge in [-0.1, -0.05) is 23.7 Å². The molecular weight excluding hydrogens is 464 g/mol. The van der Waals surface area contributed by atoms with E-state index in [2.05, 4.69) is 30.9 Å². The number of nitrogens with zero attached hydrogens (tertiary/aromatic N) is 4. The predicted molar refractivity (Wildman–Crippen MR) is 133 cm³/mol. The van der Waals surface area contributed by atoms with Gasteiger partial charge in [-0.2, -0.15) is 0 Å². The van der Waals surface area contributed by atoms with Gasteiger partial charge in [0.15, 0.2) is 16.2 Å². The summed E-state index contributed by atoms with van der Waals surface area (Å²) < 4.78 is 6.12. The van der Waals surface area contributed by atoms with Crippen LogP contribution in [0.1, 0.15) is 24.8 Å². The SMILES string of the molecule is Clc1ccc(COC2CCN(c3nc(-c4csc(NC5=NCCCN5)n4)cs3)CC2)cc1. The second kappa shape index (κ2) is 10.2. The normalized spacial score (nSPS) is 17.2. The number of guanidine groups is 1. The quantitative estimate of drug-likeness (QED) is 0.515. The zero-order valence-corrected chi connectivity index (χ0v) is 20.0. The zero-order chi connectivity index (χ0) is 21.8. The molecule has 3 aromatic rings. The molecule has 0 bridgehead atoms. The van der Waals surface area contributed by atoms with Gasteiger partial charge in [0, 0.05) is 42.0 Å². The summed E-state index contributed by atoms with van der Waals surface area (Å²) in [6.07, 6.45) is 3.36. The minimum Gasteiger partial charge on any atom is -0.373 e. The number of hydrogen-bond donors (Lipinski definition) is 2. The number of aliphatic imine (C=N–C) groups is 1. The van der Waals surface area contributed by atoms with Crippen molar-refractivity contribution < 1.29 is 4.74 Å². The number of anilines is 2. The first-order chi connectivity index (χ1) is 15.7. The van der Waals surface area contributed by atoms with Crippen LogP contribution in [-0.4, -0.2) is 48.2 Å². The van der Waals surface area contributed by atoms with E-state index in [4.69, 9.17) is 21.3 Å². The lowest BCUT2D eigenvalue weighted by Gasteiger charge is -2.31. The van der Waals surface area contributed by atoms with E-state index in [0.717, 1.165) is 83.6 Å². The average molecular weight is 489 g/mol. The zero-order valence-electron chi connectivity index (χ0n) is 17.6. The molecule has 0 saturated carbocycles. The molecule has 0 radical (unpaired) electrons. The highest BCUT2D eigenvalue weighted by Gasteiger charge is 2.22. The van der Waals surface area contributed by atoms with E-state index < -0.39 is 0 Å². The molecule has 2 aromatic heterocycles. The van der Waals surface area contributed by atoms with Crippen LogP contribution in [0.4, 0.5) is 10.3 Å². The first-order valence-electron chi connectivity index (χ1n) is 10.8. The van der Waals surface area contributed by atoms with Crippen molar-refractivity contribution >= 4 is 50.5 Å². The van der Waals surface area contributed by atoms with Crippen LogP contribution >= 0.6 is 34.3 Å². The minimum atomic E-state index is 0.282. The Labute approximate surface area is 200 Å². The van der Waals surface area contributed by atoms with Gasteiger partial charge in [-0.05, 0) is 37.0 Å². The molecule has 32 heavy (non-hydrogen) atoms. The molecule has 5 rings (SSSR count). The molecule has 1 aromatic carbocycles. The second-order valence-electron chi connectivity index (χ2n) is 7.81. The fourth-order valence-electron chi connectivity index (χ4n) is 3.70. The highest BCUT2D eigenvalue weighted by Crippen LogP contribution is 2.31. The largest absolute Gasteiger partial charge is 0.373 e. The van der Waals surface area contributed by atoms with Gasteiger partial charge in [-0.15, -0.1) is 22.7 Å². The van der Waals surface area contributed by atoms with Crippen LogP contribution in [0.15, 0.2) is 40.0 Å². The Morgan fingerprint density at radius 2 is 1.88 bits per heavy atom. The fourth-order valence-corrected chi connectivity index (χ4v) is 5.40. The van der Waals surface area contributed by atoms with E-state index >= 15 is 0 Å². The number of piperidine rings is 1. The Bertz CT molecular complexity index is 1060. The van der Waals surface area contributed by atoms with Crippen LogP contribution in [0.3, 0.4) is 0 Å². The maximum absolute atomic E-state index is 6.12. The van der Waals surface area contributed by atoms with Crippen molar-refractivity contribution in [3.05, 3.63) is 45.6 Å². The summed E-state index contributed by atoms with van der Waals surface area (Å²) in [6.45, 7) is 4.33. The number of benzene rings is 1. The number of halogens is 1. The summed E-state index contributed by atoms with van der Waals surface area (Å²) >= 11 is 9.20. The summed E-state index contributed by atoms with van der Waals surface area (Å²) in [7, 11) is 0. The third kappa shape index (κ3) is 5.40. The Balaban J connectivity index is 1.13. The summed E-state index contributed by atoms with van der Waals surface area (Å²) in [6, 6.07) is 7.86. The van der Waals surface area contributed by atoms with Crippen LogP contribution in [0, 0.1) is 0 Å². The van der Waals surface area contributed by atoms with E-state index in [9.17, 15) is 0 Å². The average Bonchev–Trinajstić information content (AvgIpc) is 3.50. The first kappa shape index (κ1) is 21.6. The highest BCUT2D eigenvalue weighted by atomic mass is 35.5. The Morgan fingerprint density at radius 3 is 2.66 bits per heavy atom. The van der Waals surface area contributed by atoms with Crippen LogP contribution < -0.4 is 15.5 Å². The van der Waals surface area contributed by atoms with Crippen molar-refractivity contribution in [2.24, 2.45) is 4.99 Å². The lowest BCUT2D eigenvalue weighted by atomic mass is 10.1. The number of nitrogens with one attached hydrogen (secondary N) is 2. The van der Waals surface area contributed by atoms with Gasteiger partial charge in [0.25, 0.3) is 0 Å². The van der Waals surface area contributed by atoms with Crippen LogP contribution in [0.5, 0.6) is 0 Å². The van der Waals surface area contributed by atoms with Gasteiger partial charge >= 0.3 is 0 Å². The van der Waals surface area contributed by atoms with Gasteiger partial charge in [0.2, 0.25) is 0 Å². The lowest BCUT2D eigenvalue weighted by molar-refractivity contribution is 0.0251. The van der Waals surface area contributed by atoms with Crippen molar-refractivity contribution in [3.8, 4) is 11.4 Å². The standard InChI is InChI=1S/C22H25ClN6OS2/c23-16-4-2-15(3-5-16)12-30-17-6-10-29(11-7-17)22-27-19(14-32-22)18-13-31-21(26-18)28-20-24-8-1-9-25-20/h2-5,13-14,17H,1,6-12H2,(H2,24,25,26,28). The molecule has 2 aliphatic heterocycles. The Morgan fingerprint density at radius 1 is 1.09 bits per heavy atom. The monoisotopic (exact) mass is 488 g/mol. The fraction of sp³-hybridized carbons (Fsp3) is 0.409. The van der Waals surface area contributed by atoms with Crippen molar-refractivity contribution in [1.29, 1.82) is 0 Å². The third-order valence-electron chi connectivity index (χ3n) is 5.49. The molecule has 0 amide bonds. The topological polar surface area (TPSA) is 74.7 Å². The lowest BCUT2D eigenvalue weighted by Crippen LogP contribution is -2.36. The summed E-state index contributed by atoms with van der Waals surface area (Å²) in [5.41, 5.74) is 2.98. The molecule has 2 N–H and O–H groups in total. The predicted octanol–water partition coefficient (Wildman–Crippen LogP) is 4.87. The van der Waals surface area contributed by atoms with E-state index in [1.165, 1.54) is 0 Å². The van der Waals surface area contributed by atoms with Gasteiger partial charge in [-0.3, -0.25) is 4.99 Å². The van der Waals surface area contributed by atoms with Gasteiger partial charge in [-0.25, -0.2) is 9.97 Å². The molecule has 2 aliphatic rings. The summed E-state index contributed by atoms with van der Waals surface area (Å²) in [5, 5.41) is 13.3. The molecule has 0 atom stereocenters. The molecule has 168 valence electrons. The number of aromatic nitrogens is 2. The highest BCUT2D eigenvalue weighted by molar-refractivity contribution is 7.15. The molecular formula is C22H25ClN6OS2. The molecule has 1 fully saturated rings. The molecule has 0 unspecified atom stereocenters. The van der Waals surface area contributed by atoms with E-state index in [1.807, 2.05) is 29.6 Å². The second-order valence-corrected chi connectivity index (χ2v) is 9.94. The number of ether oxygens (including phenoxy) is 1. The van der Waals surface area contributed by atoms with Crippen LogP contribution in [-0.2, 0) is 11.3 Å². The number of thiazole rings is 2. The Kier molecular flexibility index (Phi) is 6.87. The number of hydrogen-bond acceptors (Lipinski definition) is 9. The van der Waals surface area contributed by atoms with E-state index in [0.29, 0.717) is 6.61 Å². The van der Waals surface area contributed by atoms with Crippen molar-refractivity contribution in [1.82, 2.24) is 15.3 Å². The van der Waals surface area contributed by atoms with Gasteiger partial charge in [0.1, 0.15) is 11.4 Å². The first-order valence-corrected chi connectivity index (χ1v) is 12.9. The summed E-state index contributed by atoms with van der Waals surface area (Å²) in [4.78, 5) is 16.3. The van der Waals surface area contributed by atoms with Gasteiger partial charge in [0.05, 0.1) is 12.7 Å². The van der Waals surface area contributed by atoms with E-state index in [1.54, 1.807) is 22.7 Å². The van der Waals surface area contributed by atoms with Crippen molar-refractivity contribution in [2.75, 3.05) is 36.4 Å². The summed E-state index contributed by atoms with van der Waals surface area (Å²) in [5.74, 6) is 0.803. The maximum atomic E-state index is 6.12. The maximum Gasteiger partial charge on any atom is 0.197 e. The Hall–Kier alpha value is -2.20.